The van der Waals surface area contributed by atoms with Crippen LogP contribution in [0, 0.1) is 6.92 Å². The van der Waals surface area contributed by atoms with E-state index < -0.39 is 28.0 Å². The van der Waals surface area contributed by atoms with Crippen molar-refractivity contribution < 1.29 is 35.9 Å². The fourth-order valence-corrected chi connectivity index (χ4v) is 4.03. The predicted molar refractivity (Wildman–Crippen MR) is 118 cm³/mol. The second-order valence-corrected chi connectivity index (χ2v) is 8.57. The molecule has 0 aliphatic carbocycles. The van der Waals surface area contributed by atoms with Gasteiger partial charge in [-0.2, -0.15) is 0 Å². The topological polar surface area (TPSA) is 107 Å². The van der Waals surface area contributed by atoms with Crippen LogP contribution in [-0.4, -0.2) is 32.3 Å². The minimum Gasteiger partial charge on any atom is -0.492 e. The molecule has 0 atom stereocenters. The number of hydrogen-bond acceptors (Lipinski definition) is 6. The summed E-state index contributed by atoms with van der Waals surface area (Å²) < 4.78 is 74.7. The zero-order valence-corrected chi connectivity index (χ0v) is 18.8. The van der Waals surface area contributed by atoms with Crippen molar-refractivity contribution in [2.24, 2.45) is 0 Å². The zero-order chi connectivity index (χ0) is 24.9. The van der Waals surface area contributed by atoms with E-state index in [9.17, 15) is 26.4 Å². The Hall–Kier alpha value is -3.80. The molecule has 0 spiro atoms. The van der Waals surface area contributed by atoms with Gasteiger partial charge in [-0.1, -0.05) is 6.07 Å². The van der Waals surface area contributed by atoms with Crippen molar-refractivity contribution in [3.63, 3.8) is 0 Å². The quantitative estimate of drug-likeness (QED) is 0.468. The molecule has 12 heteroatoms. The summed E-state index contributed by atoms with van der Waals surface area (Å²) in [5.41, 5.74) is 1.18. The smallest absolute Gasteiger partial charge is 0.492 e. The van der Waals surface area contributed by atoms with E-state index in [-0.39, 0.29) is 28.6 Å². The highest BCUT2D eigenvalue weighted by Crippen LogP contribution is 2.31. The molecular formula is C22H20F3N3O5S. The Labute approximate surface area is 193 Å². The molecule has 3 aromatic rings. The number of amides is 1. The van der Waals surface area contributed by atoms with Crippen molar-refractivity contribution in [1.29, 1.82) is 0 Å². The van der Waals surface area contributed by atoms with Gasteiger partial charge in [0.05, 0.1) is 17.9 Å². The van der Waals surface area contributed by atoms with Crippen LogP contribution >= 0.6 is 0 Å². The molecule has 3 rings (SSSR count). The Morgan fingerprint density at radius 1 is 1.06 bits per heavy atom. The minimum atomic E-state index is -4.92. The van der Waals surface area contributed by atoms with Crippen LogP contribution in [0.2, 0.25) is 0 Å². The Kier molecular flexibility index (Phi) is 7.30. The minimum absolute atomic E-state index is 0.0578. The summed E-state index contributed by atoms with van der Waals surface area (Å²) >= 11 is 0. The van der Waals surface area contributed by atoms with Crippen LogP contribution < -0.4 is 19.5 Å². The summed E-state index contributed by atoms with van der Waals surface area (Å²) in [6.45, 7) is 3.55. The molecule has 0 saturated heterocycles. The van der Waals surface area contributed by atoms with Crippen LogP contribution in [0.5, 0.6) is 11.5 Å². The lowest BCUT2D eigenvalue weighted by atomic mass is 10.2. The van der Waals surface area contributed by atoms with Gasteiger partial charge in [-0.3, -0.25) is 14.5 Å². The first-order valence-corrected chi connectivity index (χ1v) is 11.3. The number of aromatic nitrogens is 1. The van der Waals surface area contributed by atoms with Gasteiger partial charge in [-0.25, -0.2) is 8.42 Å². The van der Waals surface area contributed by atoms with Crippen molar-refractivity contribution in [1.82, 2.24) is 4.98 Å². The SMILES string of the molecule is CCOc1cc(NC(=O)c2ccc(C)nc2)ccc1S(=O)(=O)Nc1cccc(OC(F)(F)F)c1. The monoisotopic (exact) mass is 495 g/mol. The van der Waals surface area contributed by atoms with Gasteiger partial charge in [0, 0.05) is 29.7 Å². The van der Waals surface area contributed by atoms with E-state index in [1.54, 1.807) is 26.0 Å². The summed E-state index contributed by atoms with van der Waals surface area (Å²) in [6, 6.07) is 11.6. The molecule has 2 aromatic carbocycles. The molecule has 0 unspecified atom stereocenters. The number of nitrogens with one attached hydrogen (secondary N) is 2. The lowest BCUT2D eigenvalue weighted by Crippen LogP contribution is -2.18. The summed E-state index contributed by atoms with van der Waals surface area (Å²) in [4.78, 5) is 16.2. The largest absolute Gasteiger partial charge is 0.573 e. The number of aryl methyl sites for hydroxylation is 1. The molecule has 0 fully saturated rings. The Bertz CT molecular complexity index is 1280. The molecule has 1 aromatic heterocycles. The van der Waals surface area contributed by atoms with Crippen molar-refractivity contribution in [2.75, 3.05) is 16.6 Å². The third kappa shape index (κ3) is 6.61. The predicted octanol–water partition coefficient (Wildman–Crippen LogP) is 4.74. The van der Waals surface area contributed by atoms with E-state index in [4.69, 9.17) is 4.74 Å². The van der Waals surface area contributed by atoms with Crippen LogP contribution in [0.1, 0.15) is 23.0 Å². The lowest BCUT2D eigenvalue weighted by Gasteiger charge is -2.15. The number of anilines is 2. The number of rotatable bonds is 8. The van der Waals surface area contributed by atoms with Gasteiger partial charge in [0.15, 0.2) is 0 Å². The first-order valence-electron chi connectivity index (χ1n) is 9.86. The van der Waals surface area contributed by atoms with Gasteiger partial charge in [-0.15, -0.1) is 13.2 Å². The van der Waals surface area contributed by atoms with Crippen LogP contribution in [0.3, 0.4) is 0 Å². The van der Waals surface area contributed by atoms with Gasteiger partial charge in [-0.05, 0) is 50.2 Å². The van der Waals surface area contributed by atoms with Gasteiger partial charge in [0.2, 0.25) is 0 Å². The average molecular weight is 495 g/mol. The van der Waals surface area contributed by atoms with Crippen molar-refractivity contribution in [2.45, 2.75) is 25.1 Å². The number of benzene rings is 2. The molecular weight excluding hydrogens is 475 g/mol. The summed E-state index contributed by atoms with van der Waals surface area (Å²) in [7, 11) is -4.26. The second kappa shape index (κ2) is 10.00. The summed E-state index contributed by atoms with van der Waals surface area (Å²) in [6.07, 6.45) is -3.51. The average Bonchev–Trinajstić information content (AvgIpc) is 2.73. The Morgan fingerprint density at radius 3 is 2.47 bits per heavy atom. The van der Waals surface area contributed by atoms with Gasteiger partial charge in [0.25, 0.3) is 15.9 Å². The number of pyridine rings is 1. The van der Waals surface area contributed by atoms with Crippen molar-refractivity contribution in [3.8, 4) is 11.5 Å². The number of carbonyl (C=O) groups is 1. The molecule has 0 aliphatic rings. The summed E-state index contributed by atoms with van der Waals surface area (Å²) in [5, 5.41) is 2.64. The highest BCUT2D eigenvalue weighted by atomic mass is 32.2. The van der Waals surface area contributed by atoms with Crippen LogP contribution in [0.4, 0.5) is 24.5 Å². The summed E-state index contributed by atoms with van der Waals surface area (Å²) in [5.74, 6) is -1.09. The van der Waals surface area contributed by atoms with E-state index in [2.05, 4.69) is 19.8 Å². The maximum Gasteiger partial charge on any atom is 0.573 e. The second-order valence-electron chi connectivity index (χ2n) is 6.92. The third-order valence-electron chi connectivity index (χ3n) is 4.28. The van der Waals surface area contributed by atoms with Crippen molar-refractivity contribution >= 4 is 27.3 Å². The Balaban J connectivity index is 1.84. The number of halogens is 3. The molecule has 2 N–H and O–H groups in total. The molecule has 0 radical (unpaired) electrons. The number of sulfonamides is 1. The fraction of sp³-hybridized carbons (Fsp3) is 0.182. The standard InChI is InChI=1S/C22H20F3N3O5S/c1-3-32-19-12-16(27-21(29)15-8-7-14(2)26-13-15)9-10-20(19)34(30,31)28-17-5-4-6-18(11-17)33-22(23,24)25/h4-13,28H,3H2,1-2H3,(H,27,29). The lowest BCUT2D eigenvalue weighted by molar-refractivity contribution is -0.274. The molecule has 34 heavy (non-hydrogen) atoms. The molecule has 8 nitrogen and oxygen atoms in total. The van der Waals surface area contributed by atoms with E-state index >= 15 is 0 Å². The molecule has 0 saturated carbocycles. The normalized spacial score (nSPS) is 11.6. The number of ether oxygens (including phenoxy) is 2. The number of hydrogen-bond donors (Lipinski definition) is 2. The Morgan fingerprint density at radius 2 is 1.82 bits per heavy atom. The fourth-order valence-electron chi connectivity index (χ4n) is 2.85. The maximum atomic E-state index is 12.9. The van der Waals surface area contributed by atoms with Crippen LogP contribution in [0.15, 0.2) is 65.7 Å². The first-order chi connectivity index (χ1) is 16.0. The van der Waals surface area contributed by atoms with E-state index in [1.165, 1.54) is 36.5 Å². The molecule has 180 valence electrons. The highest BCUT2D eigenvalue weighted by molar-refractivity contribution is 7.92. The van der Waals surface area contributed by atoms with Crippen LogP contribution in [-0.2, 0) is 10.0 Å². The number of nitrogens with zero attached hydrogens (tertiary/aromatic N) is 1. The van der Waals surface area contributed by atoms with E-state index in [0.717, 1.165) is 17.8 Å². The van der Waals surface area contributed by atoms with E-state index in [0.29, 0.717) is 5.56 Å². The van der Waals surface area contributed by atoms with E-state index in [1.807, 2.05) is 0 Å². The highest BCUT2D eigenvalue weighted by Gasteiger charge is 2.31. The zero-order valence-electron chi connectivity index (χ0n) is 18.0. The van der Waals surface area contributed by atoms with Crippen molar-refractivity contribution in [3.05, 3.63) is 72.1 Å². The number of carbonyl (C=O) groups excluding carboxylic acids is 1. The van der Waals surface area contributed by atoms with Crippen LogP contribution in [0.25, 0.3) is 0 Å². The maximum absolute atomic E-state index is 12.9. The first kappa shape index (κ1) is 24.8. The molecule has 1 heterocycles. The molecule has 0 aliphatic heterocycles. The third-order valence-corrected chi connectivity index (χ3v) is 5.71. The molecule has 1 amide bonds. The molecule has 0 bridgehead atoms. The van der Waals surface area contributed by atoms with Gasteiger partial charge < -0.3 is 14.8 Å². The number of alkyl halides is 3. The van der Waals surface area contributed by atoms with Gasteiger partial charge in [0.1, 0.15) is 16.4 Å². The van der Waals surface area contributed by atoms with Gasteiger partial charge >= 0.3 is 6.36 Å².